The molecule has 0 radical (unpaired) electrons. The number of carbonyl (C=O) groups excluding carboxylic acids is 1. The lowest BCUT2D eigenvalue weighted by atomic mass is 10.2. The van der Waals surface area contributed by atoms with Crippen molar-refractivity contribution in [2.45, 2.75) is 19.3 Å². The number of rotatable bonds is 10. The van der Waals surface area contributed by atoms with Crippen LogP contribution in [0.1, 0.15) is 11.1 Å². The largest absolute Gasteiger partial charge is 0.496 e. The number of benzene rings is 2. The second kappa shape index (κ2) is 10.8. The van der Waals surface area contributed by atoms with Gasteiger partial charge in [0.2, 0.25) is 0 Å². The highest BCUT2D eigenvalue weighted by molar-refractivity contribution is 5.80. The van der Waals surface area contributed by atoms with Gasteiger partial charge in [-0.3, -0.25) is 4.84 Å². The molecule has 144 valence electrons. The van der Waals surface area contributed by atoms with Gasteiger partial charge in [0, 0.05) is 5.56 Å². The quantitative estimate of drug-likeness (QED) is 0.432. The summed E-state index contributed by atoms with van der Waals surface area (Å²) >= 11 is 0. The van der Waals surface area contributed by atoms with Crippen LogP contribution < -0.4 is 15.5 Å². The van der Waals surface area contributed by atoms with E-state index in [1.807, 2.05) is 36.4 Å². The lowest BCUT2D eigenvalue weighted by Crippen LogP contribution is -2.47. The SMILES string of the molecule is COc1ccccc1CONC[C@H](NC(=O)OCc1ccccc1)C(=O)O. The summed E-state index contributed by atoms with van der Waals surface area (Å²) in [5, 5.41) is 11.5. The maximum atomic E-state index is 11.8. The smallest absolute Gasteiger partial charge is 0.408 e. The molecule has 0 aliphatic heterocycles. The Hall–Kier alpha value is -3.10. The van der Waals surface area contributed by atoms with Gasteiger partial charge >= 0.3 is 12.1 Å². The first-order chi connectivity index (χ1) is 13.1. The highest BCUT2D eigenvalue weighted by atomic mass is 16.6. The predicted octanol–water partition coefficient (Wildman–Crippen LogP) is 2.10. The summed E-state index contributed by atoms with van der Waals surface area (Å²) in [6.45, 7) is 0.0937. The predicted molar refractivity (Wildman–Crippen MR) is 97.0 cm³/mol. The molecule has 2 rings (SSSR count). The van der Waals surface area contributed by atoms with Gasteiger partial charge in [0.15, 0.2) is 0 Å². The van der Waals surface area contributed by atoms with E-state index < -0.39 is 18.1 Å². The van der Waals surface area contributed by atoms with Gasteiger partial charge in [-0.1, -0.05) is 48.5 Å². The average Bonchev–Trinajstić information content (AvgIpc) is 2.69. The van der Waals surface area contributed by atoms with E-state index in [2.05, 4.69) is 10.8 Å². The summed E-state index contributed by atoms with van der Waals surface area (Å²) in [6.07, 6.45) is -0.821. The molecule has 1 atom stereocenters. The number of ether oxygens (including phenoxy) is 2. The molecular weight excluding hydrogens is 352 g/mol. The van der Waals surface area contributed by atoms with Gasteiger partial charge in [-0.15, -0.1) is 0 Å². The lowest BCUT2D eigenvalue weighted by Gasteiger charge is -2.16. The van der Waals surface area contributed by atoms with Crippen molar-refractivity contribution in [3.63, 3.8) is 0 Å². The van der Waals surface area contributed by atoms with Crippen LogP contribution in [0.15, 0.2) is 54.6 Å². The molecule has 3 N–H and O–H groups in total. The fourth-order valence-corrected chi connectivity index (χ4v) is 2.20. The van der Waals surface area contributed by atoms with Crippen LogP contribution in [0.4, 0.5) is 4.79 Å². The number of alkyl carbamates (subject to hydrolysis) is 1. The maximum Gasteiger partial charge on any atom is 0.408 e. The average molecular weight is 374 g/mol. The molecule has 0 aromatic heterocycles. The number of hydroxylamine groups is 1. The Kier molecular flexibility index (Phi) is 8.08. The van der Waals surface area contributed by atoms with Crippen LogP contribution in [0, 0.1) is 0 Å². The highest BCUT2D eigenvalue weighted by Gasteiger charge is 2.20. The fourth-order valence-electron chi connectivity index (χ4n) is 2.20. The van der Waals surface area contributed by atoms with Crippen LogP contribution in [-0.4, -0.2) is 36.9 Å². The van der Waals surface area contributed by atoms with Gasteiger partial charge in [0.1, 0.15) is 18.4 Å². The number of amides is 1. The summed E-state index contributed by atoms with van der Waals surface area (Å²) in [5.74, 6) is -0.545. The molecule has 0 saturated carbocycles. The van der Waals surface area contributed by atoms with E-state index in [1.165, 1.54) is 0 Å². The van der Waals surface area contributed by atoms with Crippen LogP contribution in [0.5, 0.6) is 5.75 Å². The molecule has 0 fully saturated rings. The number of carboxylic acids is 1. The zero-order valence-electron chi connectivity index (χ0n) is 14.9. The minimum absolute atomic E-state index is 0.0523. The van der Waals surface area contributed by atoms with E-state index in [1.54, 1.807) is 25.3 Å². The Bertz CT molecular complexity index is 738. The monoisotopic (exact) mass is 374 g/mol. The van der Waals surface area contributed by atoms with Crippen LogP contribution in [0.3, 0.4) is 0 Å². The Morgan fingerprint density at radius 3 is 2.44 bits per heavy atom. The van der Waals surface area contributed by atoms with Gasteiger partial charge in [0.05, 0.1) is 20.3 Å². The Balaban J connectivity index is 1.74. The molecule has 0 bridgehead atoms. The lowest BCUT2D eigenvalue weighted by molar-refractivity contribution is -0.140. The molecule has 1 amide bonds. The van der Waals surface area contributed by atoms with Crippen molar-refractivity contribution in [1.82, 2.24) is 10.8 Å². The number of carbonyl (C=O) groups is 2. The molecule has 0 aliphatic rings. The van der Waals surface area contributed by atoms with Crippen molar-refractivity contribution in [2.75, 3.05) is 13.7 Å². The molecule has 2 aromatic rings. The van der Waals surface area contributed by atoms with Crippen LogP contribution >= 0.6 is 0 Å². The molecule has 0 saturated heterocycles. The van der Waals surface area contributed by atoms with Crippen molar-refractivity contribution < 1.29 is 29.0 Å². The normalized spacial score (nSPS) is 11.4. The van der Waals surface area contributed by atoms with E-state index >= 15 is 0 Å². The standard InChI is InChI=1S/C19H22N2O6/c1-25-17-10-6-5-9-15(17)13-27-20-11-16(18(22)23)21-19(24)26-12-14-7-3-2-4-8-14/h2-10,16,20H,11-13H2,1H3,(H,21,24)(H,22,23)/t16-/m0/s1. The van der Waals surface area contributed by atoms with Gasteiger partial charge in [-0.05, 0) is 11.6 Å². The number of methoxy groups -OCH3 is 1. The maximum absolute atomic E-state index is 11.8. The highest BCUT2D eigenvalue weighted by Crippen LogP contribution is 2.17. The molecule has 8 nitrogen and oxygen atoms in total. The van der Waals surface area contributed by atoms with Gasteiger partial charge in [-0.25, -0.2) is 9.59 Å². The molecule has 0 heterocycles. The van der Waals surface area contributed by atoms with Crippen LogP contribution in [0.2, 0.25) is 0 Å². The zero-order chi connectivity index (χ0) is 19.5. The number of hydrogen-bond acceptors (Lipinski definition) is 6. The first-order valence-electron chi connectivity index (χ1n) is 8.26. The van der Waals surface area contributed by atoms with Gasteiger partial charge < -0.3 is 19.9 Å². The summed E-state index contributed by atoms with van der Waals surface area (Å²) in [6, 6.07) is 15.2. The van der Waals surface area contributed by atoms with Crippen molar-refractivity contribution >= 4 is 12.1 Å². The molecule has 0 spiro atoms. The minimum atomic E-state index is -1.21. The van der Waals surface area contributed by atoms with E-state index in [9.17, 15) is 14.7 Å². The first kappa shape index (κ1) is 20.2. The van der Waals surface area contributed by atoms with Gasteiger partial charge in [-0.2, -0.15) is 5.48 Å². The molecule has 0 aliphatic carbocycles. The van der Waals surface area contributed by atoms with E-state index in [0.717, 1.165) is 11.1 Å². The van der Waals surface area contributed by atoms with Crippen molar-refractivity contribution in [2.24, 2.45) is 0 Å². The van der Waals surface area contributed by atoms with Crippen molar-refractivity contribution in [1.29, 1.82) is 0 Å². The first-order valence-corrected chi connectivity index (χ1v) is 8.26. The molecule has 0 unspecified atom stereocenters. The number of aliphatic carboxylic acids is 1. The summed E-state index contributed by atoms with van der Waals surface area (Å²) in [5.41, 5.74) is 4.14. The second-order valence-corrected chi connectivity index (χ2v) is 5.55. The molecule has 8 heteroatoms. The minimum Gasteiger partial charge on any atom is -0.496 e. The van der Waals surface area contributed by atoms with Crippen molar-refractivity contribution in [3.8, 4) is 5.75 Å². The summed E-state index contributed by atoms with van der Waals surface area (Å²) in [7, 11) is 1.55. The molecule has 27 heavy (non-hydrogen) atoms. The van der Waals surface area contributed by atoms with E-state index in [0.29, 0.717) is 5.75 Å². The third-order valence-corrected chi connectivity index (χ3v) is 3.61. The van der Waals surface area contributed by atoms with E-state index in [4.69, 9.17) is 14.3 Å². The molecular formula is C19H22N2O6. The second-order valence-electron chi connectivity index (χ2n) is 5.55. The summed E-state index contributed by atoms with van der Waals surface area (Å²) < 4.78 is 10.2. The number of nitrogens with one attached hydrogen (secondary N) is 2. The van der Waals surface area contributed by atoms with Crippen LogP contribution in [0.25, 0.3) is 0 Å². The number of hydrogen-bond donors (Lipinski definition) is 3. The number of carboxylic acid groups (broad SMARTS) is 1. The number of para-hydroxylation sites is 1. The topological polar surface area (TPSA) is 106 Å². The third-order valence-electron chi connectivity index (χ3n) is 3.61. The summed E-state index contributed by atoms with van der Waals surface area (Å²) in [4.78, 5) is 28.3. The van der Waals surface area contributed by atoms with Gasteiger partial charge in [0.25, 0.3) is 0 Å². The molecule has 2 aromatic carbocycles. The van der Waals surface area contributed by atoms with Crippen LogP contribution in [-0.2, 0) is 27.6 Å². The Morgan fingerprint density at radius 1 is 1.04 bits per heavy atom. The Morgan fingerprint density at radius 2 is 1.74 bits per heavy atom. The Labute approximate surface area is 157 Å². The van der Waals surface area contributed by atoms with E-state index in [-0.39, 0.29) is 19.8 Å². The third kappa shape index (κ3) is 6.96. The fraction of sp³-hybridized carbons (Fsp3) is 0.263. The zero-order valence-corrected chi connectivity index (χ0v) is 14.9. The van der Waals surface area contributed by atoms with Crippen molar-refractivity contribution in [3.05, 3.63) is 65.7 Å².